The van der Waals surface area contributed by atoms with Crippen molar-refractivity contribution in [2.24, 2.45) is 0 Å². The fourth-order valence-electron chi connectivity index (χ4n) is 4.51. The number of rotatable bonds is 2. The van der Waals surface area contributed by atoms with Gasteiger partial charge in [-0.1, -0.05) is 89.9 Å². The molecule has 0 aliphatic rings. The van der Waals surface area contributed by atoms with Gasteiger partial charge in [-0.3, -0.25) is 4.79 Å². The van der Waals surface area contributed by atoms with Crippen LogP contribution in [0.15, 0.2) is 112 Å². The summed E-state index contributed by atoms with van der Waals surface area (Å²) in [6.07, 6.45) is 0.786. The molecule has 5 N–H and O–H groups in total. The Kier molecular flexibility index (Phi) is 7.86. The van der Waals surface area contributed by atoms with Gasteiger partial charge in [-0.15, -0.1) is 0 Å². The molecule has 0 spiro atoms. The number of carbonyl (C=O) groups is 1. The van der Waals surface area contributed by atoms with E-state index >= 15 is 0 Å². The molecular formula is C31H23Cl2NO4. The molecule has 5 nitrogen and oxygen atoms in total. The van der Waals surface area contributed by atoms with Crippen molar-refractivity contribution in [2.45, 2.75) is 0 Å². The standard InChI is InChI=1S/C16H9ClO.C15H9ClO2.H3N.H2O/c17-13-6-3-4-10-8-9-12-11-5-1-2-7-14(11)18-16(12)15(10)13;16-12-6-3-5-11(9-17)15(12)14-8-10-4-1-2-7-13(10)18-14;;/h2*1-9H;1H3;1H2. The summed E-state index contributed by atoms with van der Waals surface area (Å²) in [5.74, 6) is 0.615. The highest BCUT2D eigenvalue weighted by Crippen LogP contribution is 2.37. The van der Waals surface area contributed by atoms with Crippen LogP contribution in [0.25, 0.3) is 55.0 Å². The average molecular weight is 544 g/mol. The molecule has 7 aromatic rings. The van der Waals surface area contributed by atoms with Gasteiger partial charge >= 0.3 is 0 Å². The molecule has 0 aliphatic heterocycles. The highest BCUT2D eigenvalue weighted by Gasteiger charge is 2.14. The quantitative estimate of drug-likeness (QED) is 0.219. The van der Waals surface area contributed by atoms with E-state index in [1.165, 1.54) is 0 Å². The second-order valence-corrected chi connectivity index (χ2v) is 9.16. The third-order valence-corrected chi connectivity index (χ3v) is 6.81. The normalized spacial score (nSPS) is 10.6. The van der Waals surface area contributed by atoms with E-state index in [-0.39, 0.29) is 11.6 Å². The summed E-state index contributed by atoms with van der Waals surface area (Å²) in [4.78, 5) is 11.1. The Morgan fingerprint density at radius 3 is 2.11 bits per heavy atom. The van der Waals surface area contributed by atoms with Gasteiger partial charge in [0.15, 0.2) is 6.29 Å². The number of furan rings is 2. The zero-order valence-corrected chi connectivity index (χ0v) is 21.6. The summed E-state index contributed by atoms with van der Waals surface area (Å²) in [6.45, 7) is 0. The van der Waals surface area contributed by atoms with Gasteiger partial charge in [0.1, 0.15) is 22.5 Å². The minimum atomic E-state index is 0. The zero-order valence-electron chi connectivity index (χ0n) is 20.1. The molecule has 0 radical (unpaired) electrons. The lowest BCUT2D eigenvalue weighted by atomic mass is 10.1. The zero-order chi connectivity index (χ0) is 24.6. The number of carbonyl (C=O) groups excluding carboxylic acids is 1. The Balaban J connectivity index is 0.000000168. The molecule has 0 atom stereocenters. The molecule has 0 fully saturated rings. The van der Waals surface area contributed by atoms with Crippen LogP contribution in [0.3, 0.4) is 0 Å². The van der Waals surface area contributed by atoms with Crippen molar-refractivity contribution in [2.75, 3.05) is 0 Å². The Morgan fingerprint density at radius 1 is 0.632 bits per heavy atom. The van der Waals surface area contributed by atoms with Crippen molar-refractivity contribution in [1.82, 2.24) is 6.15 Å². The number of fused-ring (bicyclic) bond motifs is 6. The number of para-hydroxylation sites is 2. The van der Waals surface area contributed by atoms with Crippen LogP contribution in [0, 0.1) is 0 Å². The van der Waals surface area contributed by atoms with Crippen LogP contribution in [0.2, 0.25) is 10.0 Å². The van der Waals surface area contributed by atoms with Gasteiger partial charge in [-0.2, -0.15) is 0 Å². The first-order chi connectivity index (χ1) is 17.6. The summed E-state index contributed by atoms with van der Waals surface area (Å²) in [5.41, 5.74) is 3.73. The monoisotopic (exact) mass is 543 g/mol. The van der Waals surface area contributed by atoms with E-state index in [1.807, 2.05) is 66.7 Å². The second kappa shape index (κ2) is 11.1. The smallest absolute Gasteiger partial charge is 0.150 e. The van der Waals surface area contributed by atoms with Crippen molar-refractivity contribution in [3.05, 3.63) is 119 Å². The predicted molar refractivity (Wildman–Crippen MR) is 157 cm³/mol. The third kappa shape index (κ3) is 4.64. The first-order valence-corrected chi connectivity index (χ1v) is 12.1. The lowest BCUT2D eigenvalue weighted by Gasteiger charge is -2.03. The van der Waals surface area contributed by atoms with E-state index in [0.29, 0.717) is 21.9 Å². The third-order valence-electron chi connectivity index (χ3n) is 6.18. The van der Waals surface area contributed by atoms with Crippen molar-refractivity contribution in [3.8, 4) is 11.3 Å². The van der Waals surface area contributed by atoms with Crippen LogP contribution in [0.5, 0.6) is 0 Å². The molecule has 5 aromatic carbocycles. The minimum absolute atomic E-state index is 0. The van der Waals surface area contributed by atoms with Crippen LogP contribution in [0.1, 0.15) is 10.4 Å². The summed E-state index contributed by atoms with van der Waals surface area (Å²) in [5, 5.41) is 6.59. The van der Waals surface area contributed by atoms with Gasteiger partial charge in [0.25, 0.3) is 0 Å². The highest BCUT2D eigenvalue weighted by molar-refractivity contribution is 6.38. The molecule has 7 rings (SSSR count). The van der Waals surface area contributed by atoms with E-state index in [2.05, 4.69) is 18.2 Å². The van der Waals surface area contributed by atoms with Gasteiger partial charge in [0.2, 0.25) is 0 Å². The molecule has 38 heavy (non-hydrogen) atoms. The number of halogens is 2. The summed E-state index contributed by atoms with van der Waals surface area (Å²) in [6, 6.07) is 33.0. The fraction of sp³-hybridized carbons (Fsp3) is 0. The van der Waals surface area contributed by atoms with E-state index in [4.69, 9.17) is 32.0 Å². The maximum atomic E-state index is 11.1. The van der Waals surface area contributed by atoms with Crippen molar-refractivity contribution in [1.29, 1.82) is 0 Å². The number of aldehydes is 1. The summed E-state index contributed by atoms with van der Waals surface area (Å²) >= 11 is 12.5. The molecule has 190 valence electrons. The molecule has 0 saturated heterocycles. The maximum Gasteiger partial charge on any atom is 0.150 e. The lowest BCUT2D eigenvalue weighted by Crippen LogP contribution is -1.86. The van der Waals surface area contributed by atoms with Gasteiger partial charge < -0.3 is 20.5 Å². The highest BCUT2D eigenvalue weighted by atomic mass is 35.5. The molecular weight excluding hydrogens is 521 g/mol. The van der Waals surface area contributed by atoms with Crippen molar-refractivity contribution < 1.29 is 19.1 Å². The van der Waals surface area contributed by atoms with E-state index < -0.39 is 0 Å². The van der Waals surface area contributed by atoms with Crippen molar-refractivity contribution in [3.63, 3.8) is 0 Å². The Hall–Kier alpha value is -4.13. The van der Waals surface area contributed by atoms with Crippen LogP contribution >= 0.6 is 23.2 Å². The van der Waals surface area contributed by atoms with E-state index in [9.17, 15) is 4.79 Å². The fourth-order valence-corrected chi connectivity index (χ4v) is 5.06. The molecule has 0 amide bonds. The number of hydrogen-bond donors (Lipinski definition) is 1. The molecule has 0 unspecified atom stereocenters. The Labute approximate surface area is 228 Å². The molecule has 0 aliphatic carbocycles. The molecule has 7 heteroatoms. The topological polar surface area (TPSA) is 110 Å². The first-order valence-electron chi connectivity index (χ1n) is 11.3. The summed E-state index contributed by atoms with van der Waals surface area (Å²) < 4.78 is 11.7. The first kappa shape index (κ1) is 26.9. The van der Waals surface area contributed by atoms with Crippen LogP contribution in [-0.2, 0) is 0 Å². The van der Waals surface area contributed by atoms with Gasteiger partial charge in [0, 0.05) is 32.7 Å². The second-order valence-electron chi connectivity index (χ2n) is 8.35. The van der Waals surface area contributed by atoms with E-state index in [1.54, 1.807) is 18.2 Å². The molecule has 2 heterocycles. The van der Waals surface area contributed by atoms with Gasteiger partial charge in [-0.05, 0) is 41.8 Å². The number of benzene rings is 5. The van der Waals surface area contributed by atoms with Crippen molar-refractivity contribution >= 4 is 73.2 Å². The molecule has 0 saturated carbocycles. The Bertz CT molecular complexity index is 1870. The minimum Gasteiger partial charge on any atom is -0.456 e. The average Bonchev–Trinajstić information content (AvgIpc) is 3.50. The Morgan fingerprint density at radius 2 is 1.32 bits per heavy atom. The summed E-state index contributed by atoms with van der Waals surface area (Å²) in [7, 11) is 0. The number of hydrogen-bond acceptors (Lipinski definition) is 4. The molecule has 2 aromatic heterocycles. The van der Waals surface area contributed by atoms with E-state index in [0.717, 1.165) is 55.0 Å². The SMILES string of the molecule is Clc1cccc2ccc3c4ccccc4oc3c12.N.O.O=Cc1cccc(Cl)c1-c1cc2ccccc2o1. The maximum absolute atomic E-state index is 11.1. The van der Waals surface area contributed by atoms with Gasteiger partial charge in [-0.25, -0.2) is 0 Å². The van der Waals surface area contributed by atoms with Crippen LogP contribution in [0.4, 0.5) is 0 Å². The predicted octanol–water partition coefficient (Wildman–Crippen LogP) is 9.30. The van der Waals surface area contributed by atoms with Crippen LogP contribution < -0.4 is 6.15 Å². The van der Waals surface area contributed by atoms with Gasteiger partial charge in [0.05, 0.1) is 10.0 Å². The van der Waals surface area contributed by atoms with Crippen LogP contribution in [-0.4, -0.2) is 11.8 Å². The molecule has 0 bridgehead atoms. The largest absolute Gasteiger partial charge is 0.456 e. The lowest BCUT2D eigenvalue weighted by molar-refractivity contribution is 0.112.